The normalized spacial score (nSPS) is 28.5. The summed E-state index contributed by atoms with van der Waals surface area (Å²) >= 11 is 0. The molecule has 0 unspecified atom stereocenters. The lowest BCUT2D eigenvalue weighted by molar-refractivity contribution is 0.104. The lowest BCUT2D eigenvalue weighted by Crippen LogP contribution is -2.47. The van der Waals surface area contributed by atoms with Crippen molar-refractivity contribution in [2.24, 2.45) is 5.92 Å². The minimum Gasteiger partial charge on any atom is -0.508 e. The molecular weight excluding hydrogens is 238 g/mol. The van der Waals surface area contributed by atoms with Gasteiger partial charge in [-0.15, -0.1) is 0 Å². The van der Waals surface area contributed by atoms with E-state index in [0.29, 0.717) is 11.7 Å². The topological polar surface area (TPSA) is 43.7 Å². The fraction of sp³-hybridized carbons (Fsp3) is 0.625. The fourth-order valence-corrected chi connectivity index (χ4v) is 3.10. The van der Waals surface area contributed by atoms with Gasteiger partial charge in [-0.25, -0.2) is 0 Å². The Morgan fingerprint density at radius 3 is 2.84 bits per heavy atom. The minimum absolute atomic E-state index is 0.133. The molecule has 0 spiro atoms. The fourth-order valence-electron chi connectivity index (χ4n) is 3.10. The van der Waals surface area contributed by atoms with Crippen LogP contribution >= 0.6 is 0 Å². The van der Waals surface area contributed by atoms with Gasteiger partial charge in [0.2, 0.25) is 0 Å². The SMILES string of the molecule is C[C@H]1CN(CCCO)CC[C@@]1(C)c1cccc(O)c1. The maximum atomic E-state index is 9.67. The number of piperidine rings is 1. The summed E-state index contributed by atoms with van der Waals surface area (Å²) in [4.78, 5) is 2.44. The van der Waals surface area contributed by atoms with Crippen molar-refractivity contribution < 1.29 is 10.2 Å². The Hall–Kier alpha value is -1.06. The molecule has 0 aromatic heterocycles. The van der Waals surface area contributed by atoms with Crippen molar-refractivity contribution in [3.63, 3.8) is 0 Å². The lowest BCUT2D eigenvalue weighted by Gasteiger charge is -2.45. The second-order valence-corrected chi connectivity index (χ2v) is 6.00. The van der Waals surface area contributed by atoms with Crippen LogP contribution in [0.15, 0.2) is 24.3 Å². The highest BCUT2D eigenvalue weighted by atomic mass is 16.3. The number of likely N-dealkylation sites (tertiary alicyclic amines) is 1. The Balaban J connectivity index is 2.09. The Morgan fingerprint density at radius 1 is 1.42 bits per heavy atom. The Bertz CT molecular complexity index is 421. The predicted octanol–water partition coefficient (Wildman–Crippen LogP) is 2.37. The number of hydrogen-bond donors (Lipinski definition) is 2. The third-order valence-electron chi connectivity index (χ3n) is 4.71. The quantitative estimate of drug-likeness (QED) is 0.876. The van der Waals surface area contributed by atoms with Crippen LogP contribution in [0.1, 0.15) is 32.3 Å². The van der Waals surface area contributed by atoms with Gasteiger partial charge < -0.3 is 15.1 Å². The first kappa shape index (κ1) is 14.4. The monoisotopic (exact) mass is 263 g/mol. The van der Waals surface area contributed by atoms with Gasteiger partial charge in [0.25, 0.3) is 0 Å². The molecule has 0 bridgehead atoms. The molecule has 1 aromatic rings. The number of phenolic OH excluding ortho intramolecular Hbond substituents is 1. The number of phenols is 1. The molecule has 2 N–H and O–H groups in total. The van der Waals surface area contributed by atoms with Gasteiger partial charge in [0.05, 0.1) is 0 Å². The van der Waals surface area contributed by atoms with Crippen molar-refractivity contribution in [3.05, 3.63) is 29.8 Å². The van der Waals surface area contributed by atoms with Gasteiger partial charge >= 0.3 is 0 Å². The summed E-state index contributed by atoms with van der Waals surface area (Å²) < 4.78 is 0. The molecule has 3 heteroatoms. The second-order valence-electron chi connectivity index (χ2n) is 6.00. The van der Waals surface area contributed by atoms with Crippen molar-refractivity contribution in [2.45, 2.75) is 32.1 Å². The lowest BCUT2D eigenvalue weighted by atomic mass is 9.68. The molecule has 1 aliphatic heterocycles. The summed E-state index contributed by atoms with van der Waals surface area (Å²) in [6.07, 6.45) is 1.96. The van der Waals surface area contributed by atoms with E-state index in [-0.39, 0.29) is 12.0 Å². The summed E-state index contributed by atoms with van der Waals surface area (Å²) in [5.41, 5.74) is 1.37. The van der Waals surface area contributed by atoms with Gasteiger partial charge in [0.1, 0.15) is 5.75 Å². The molecule has 19 heavy (non-hydrogen) atoms. The van der Waals surface area contributed by atoms with Crippen molar-refractivity contribution >= 4 is 0 Å². The summed E-state index contributed by atoms with van der Waals surface area (Å²) in [6.45, 7) is 7.97. The molecule has 1 aliphatic rings. The van der Waals surface area contributed by atoms with Gasteiger partial charge in [-0.3, -0.25) is 0 Å². The Kier molecular flexibility index (Phi) is 4.48. The molecule has 1 fully saturated rings. The van der Waals surface area contributed by atoms with E-state index >= 15 is 0 Å². The van der Waals surface area contributed by atoms with Crippen LogP contribution in [0.25, 0.3) is 0 Å². The summed E-state index contributed by atoms with van der Waals surface area (Å²) in [7, 11) is 0. The third kappa shape index (κ3) is 3.10. The highest BCUT2D eigenvalue weighted by Gasteiger charge is 2.37. The maximum Gasteiger partial charge on any atom is 0.115 e. The molecule has 0 saturated carbocycles. The van der Waals surface area contributed by atoms with Gasteiger partial charge in [0, 0.05) is 19.7 Å². The van der Waals surface area contributed by atoms with Crippen molar-refractivity contribution in [1.82, 2.24) is 4.90 Å². The maximum absolute atomic E-state index is 9.67. The summed E-state index contributed by atoms with van der Waals surface area (Å²) in [5, 5.41) is 18.6. The van der Waals surface area contributed by atoms with E-state index in [9.17, 15) is 5.11 Å². The number of hydrogen-bond acceptors (Lipinski definition) is 3. The van der Waals surface area contributed by atoms with Crippen LogP contribution in [0.4, 0.5) is 0 Å². The van der Waals surface area contributed by atoms with Crippen LogP contribution in [-0.4, -0.2) is 41.4 Å². The van der Waals surface area contributed by atoms with E-state index in [2.05, 4.69) is 24.8 Å². The molecule has 0 aliphatic carbocycles. The van der Waals surface area contributed by atoms with Gasteiger partial charge in [0.15, 0.2) is 0 Å². The van der Waals surface area contributed by atoms with E-state index in [1.54, 1.807) is 6.07 Å². The average Bonchev–Trinajstić information content (AvgIpc) is 2.40. The van der Waals surface area contributed by atoms with E-state index in [1.807, 2.05) is 12.1 Å². The van der Waals surface area contributed by atoms with E-state index in [1.165, 1.54) is 5.56 Å². The first-order valence-electron chi connectivity index (χ1n) is 7.19. The number of aliphatic hydroxyl groups is 1. The first-order chi connectivity index (χ1) is 9.06. The second kappa shape index (κ2) is 5.93. The van der Waals surface area contributed by atoms with Crippen molar-refractivity contribution in [1.29, 1.82) is 0 Å². The highest BCUT2D eigenvalue weighted by Crippen LogP contribution is 2.40. The molecule has 1 aromatic carbocycles. The zero-order chi connectivity index (χ0) is 13.9. The smallest absolute Gasteiger partial charge is 0.115 e. The zero-order valence-corrected chi connectivity index (χ0v) is 12.0. The molecular formula is C16H25NO2. The van der Waals surface area contributed by atoms with E-state index in [4.69, 9.17) is 5.11 Å². The Labute approximate surface area is 115 Å². The average molecular weight is 263 g/mol. The molecule has 2 rings (SSSR count). The summed E-state index contributed by atoms with van der Waals surface area (Å²) in [6, 6.07) is 7.69. The van der Waals surface area contributed by atoms with Crippen molar-refractivity contribution in [3.8, 4) is 5.75 Å². The molecule has 1 saturated heterocycles. The molecule has 3 nitrogen and oxygen atoms in total. The van der Waals surface area contributed by atoms with Crippen LogP contribution in [0.2, 0.25) is 0 Å². The van der Waals surface area contributed by atoms with E-state index in [0.717, 1.165) is 32.5 Å². The van der Waals surface area contributed by atoms with E-state index < -0.39 is 0 Å². The van der Waals surface area contributed by atoms with Gasteiger partial charge in [-0.1, -0.05) is 26.0 Å². The zero-order valence-electron chi connectivity index (χ0n) is 12.0. The molecule has 1 heterocycles. The van der Waals surface area contributed by atoms with Gasteiger partial charge in [-0.05, 0) is 48.4 Å². The third-order valence-corrected chi connectivity index (χ3v) is 4.71. The standard InChI is InChI=1S/C16H25NO2/c1-13-12-17(8-4-10-18)9-7-16(13,2)14-5-3-6-15(19)11-14/h3,5-6,11,13,18-19H,4,7-10,12H2,1-2H3/t13-,16+/m0/s1. The summed E-state index contributed by atoms with van der Waals surface area (Å²) in [5.74, 6) is 0.898. The Morgan fingerprint density at radius 2 is 2.21 bits per heavy atom. The van der Waals surface area contributed by atoms with Crippen LogP contribution in [-0.2, 0) is 5.41 Å². The van der Waals surface area contributed by atoms with Gasteiger partial charge in [-0.2, -0.15) is 0 Å². The van der Waals surface area contributed by atoms with Crippen molar-refractivity contribution in [2.75, 3.05) is 26.2 Å². The molecule has 106 valence electrons. The minimum atomic E-state index is 0.133. The number of benzene rings is 1. The van der Waals surface area contributed by atoms with Crippen LogP contribution in [0.3, 0.4) is 0 Å². The van der Waals surface area contributed by atoms with Crippen LogP contribution < -0.4 is 0 Å². The number of aliphatic hydroxyl groups excluding tert-OH is 1. The highest BCUT2D eigenvalue weighted by molar-refractivity contribution is 5.33. The first-order valence-corrected chi connectivity index (χ1v) is 7.19. The van der Waals surface area contributed by atoms with Crippen LogP contribution in [0.5, 0.6) is 5.75 Å². The molecule has 2 atom stereocenters. The predicted molar refractivity (Wildman–Crippen MR) is 77.4 cm³/mol. The molecule has 0 amide bonds. The van der Waals surface area contributed by atoms with Crippen LogP contribution in [0, 0.1) is 5.92 Å². The molecule has 0 radical (unpaired) electrons. The number of aromatic hydroxyl groups is 1. The number of rotatable bonds is 4. The largest absolute Gasteiger partial charge is 0.508 e. The number of nitrogens with zero attached hydrogens (tertiary/aromatic N) is 1.